The fourth-order valence-electron chi connectivity index (χ4n) is 2.37. The summed E-state index contributed by atoms with van der Waals surface area (Å²) in [6.07, 6.45) is 7.89. The van der Waals surface area contributed by atoms with Crippen molar-refractivity contribution in [3.8, 4) is 0 Å². The average Bonchev–Trinajstić information content (AvgIpc) is 2.40. The van der Waals surface area contributed by atoms with Crippen LogP contribution in [0, 0.1) is 0 Å². The molecule has 2 heterocycles. The van der Waals surface area contributed by atoms with Gasteiger partial charge < -0.3 is 15.3 Å². The highest BCUT2D eigenvalue weighted by Crippen LogP contribution is 2.25. The lowest BCUT2D eigenvalue weighted by Crippen LogP contribution is -2.40. The summed E-state index contributed by atoms with van der Waals surface area (Å²) in [6.45, 7) is 1.24. The van der Waals surface area contributed by atoms with Gasteiger partial charge in [0.15, 0.2) is 0 Å². The Labute approximate surface area is 102 Å². The van der Waals surface area contributed by atoms with E-state index in [1.165, 1.54) is 12.8 Å². The van der Waals surface area contributed by atoms with Crippen LogP contribution in [0.3, 0.4) is 0 Å². The van der Waals surface area contributed by atoms with E-state index in [9.17, 15) is 0 Å². The number of aliphatic hydroxyl groups excluding tert-OH is 1. The largest absolute Gasteiger partial charge is 0.396 e. The predicted octanol–water partition coefficient (Wildman–Crippen LogP) is 1.26. The van der Waals surface area contributed by atoms with Crippen molar-refractivity contribution < 1.29 is 5.11 Å². The Hall–Kier alpha value is -1.36. The SMILES string of the molecule is CNc1cncc(N2CCCCC2CCO)n1. The highest BCUT2D eigenvalue weighted by atomic mass is 16.3. The van der Waals surface area contributed by atoms with Crippen LogP contribution in [0.5, 0.6) is 0 Å². The molecule has 1 aromatic heterocycles. The summed E-state index contributed by atoms with van der Waals surface area (Å²) in [5, 5.41) is 12.1. The molecule has 5 nitrogen and oxygen atoms in total. The van der Waals surface area contributed by atoms with E-state index in [1.54, 1.807) is 12.4 Å². The monoisotopic (exact) mass is 236 g/mol. The summed E-state index contributed by atoms with van der Waals surface area (Å²) in [5.74, 6) is 1.70. The molecular weight excluding hydrogens is 216 g/mol. The molecule has 1 saturated heterocycles. The molecule has 5 heteroatoms. The quantitative estimate of drug-likeness (QED) is 0.824. The first kappa shape index (κ1) is 12.1. The van der Waals surface area contributed by atoms with Crippen LogP contribution in [0.4, 0.5) is 11.6 Å². The second-order valence-corrected chi connectivity index (χ2v) is 4.37. The van der Waals surface area contributed by atoms with Gasteiger partial charge >= 0.3 is 0 Å². The molecule has 0 amide bonds. The third kappa shape index (κ3) is 2.85. The highest BCUT2D eigenvalue weighted by Gasteiger charge is 2.23. The van der Waals surface area contributed by atoms with Gasteiger partial charge in [0.25, 0.3) is 0 Å². The summed E-state index contributed by atoms with van der Waals surface area (Å²) in [5.41, 5.74) is 0. The lowest BCUT2D eigenvalue weighted by molar-refractivity contribution is 0.262. The van der Waals surface area contributed by atoms with Gasteiger partial charge in [-0.25, -0.2) is 4.98 Å². The van der Waals surface area contributed by atoms with Crippen LogP contribution in [0.2, 0.25) is 0 Å². The average molecular weight is 236 g/mol. The van der Waals surface area contributed by atoms with Gasteiger partial charge in [0.2, 0.25) is 0 Å². The second-order valence-electron chi connectivity index (χ2n) is 4.37. The molecule has 17 heavy (non-hydrogen) atoms. The van der Waals surface area contributed by atoms with Gasteiger partial charge in [0.05, 0.1) is 12.4 Å². The first-order valence-corrected chi connectivity index (χ1v) is 6.22. The minimum atomic E-state index is 0.236. The Morgan fingerprint density at radius 1 is 1.47 bits per heavy atom. The van der Waals surface area contributed by atoms with Crippen molar-refractivity contribution in [1.82, 2.24) is 9.97 Å². The van der Waals surface area contributed by atoms with Crippen LogP contribution in [-0.4, -0.2) is 41.3 Å². The van der Waals surface area contributed by atoms with E-state index in [0.717, 1.165) is 31.0 Å². The Morgan fingerprint density at radius 2 is 2.35 bits per heavy atom. The second kappa shape index (κ2) is 5.82. The van der Waals surface area contributed by atoms with Crippen LogP contribution in [0.25, 0.3) is 0 Å². The number of hydrogen-bond acceptors (Lipinski definition) is 5. The van der Waals surface area contributed by atoms with Crippen molar-refractivity contribution in [3.63, 3.8) is 0 Å². The Bertz CT molecular complexity index is 356. The van der Waals surface area contributed by atoms with Crippen molar-refractivity contribution in [2.75, 3.05) is 30.4 Å². The predicted molar refractivity (Wildman–Crippen MR) is 68.3 cm³/mol. The van der Waals surface area contributed by atoms with Gasteiger partial charge in [-0.1, -0.05) is 0 Å². The zero-order chi connectivity index (χ0) is 12.1. The van der Waals surface area contributed by atoms with E-state index >= 15 is 0 Å². The molecule has 94 valence electrons. The molecule has 0 saturated carbocycles. The van der Waals surface area contributed by atoms with Crippen LogP contribution in [0.1, 0.15) is 25.7 Å². The number of aliphatic hydroxyl groups is 1. The first-order chi connectivity index (χ1) is 8.35. The lowest BCUT2D eigenvalue weighted by atomic mass is 10.00. The van der Waals surface area contributed by atoms with E-state index in [2.05, 4.69) is 20.2 Å². The van der Waals surface area contributed by atoms with E-state index in [-0.39, 0.29) is 6.61 Å². The van der Waals surface area contributed by atoms with Gasteiger partial charge in [-0.3, -0.25) is 4.98 Å². The Balaban J connectivity index is 2.16. The molecule has 1 aliphatic rings. The van der Waals surface area contributed by atoms with E-state index < -0.39 is 0 Å². The maximum Gasteiger partial charge on any atom is 0.149 e. The molecule has 0 spiro atoms. The third-order valence-corrected chi connectivity index (χ3v) is 3.26. The molecule has 0 bridgehead atoms. The molecule has 0 radical (unpaired) electrons. The normalized spacial score (nSPS) is 20.4. The fraction of sp³-hybridized carbons (Fsp3) is 0.667. The first-order valence-electron chi connectivity index (χ1n) is 6.22. The molecule has 0 aromatic carbocycles. The van der Waals surface area contributed by atoms with Crippen LogP contribution in [0.15, 0.2) is 12.4 Å². The van der Waals surface area contributed by atoms with Crippen LogP contribution < -0.4 is 10.2 Å². The summed E-state index contributed by atoms with van der Waals surface area (Å²) in [7, 11) is 1.84. The Morgan fingerprint density at radius 3 is 3.12 bits per heavy atom. The molecule has 1 aliphatic heterocycles. The van der Waals surface area contributed by atoms with Crippen molar-refractivity contribution in [3.05, 3.63) is 12.4 Å². The van der Waals surface area contributed by atoms with Gasteiger partial charge in [-0.05, 0) is 25.7 Å². The maximum atomic E-state index is 9.11. The number of nitrogens with zero attached hydrogens (tertiary/aromatic N) is 3. The number of piperidine rings is 1. The lowest BCUT2D eigenvalue weighted by Gasteiger charge is -2.36. The smallest absolute Gasteiger partial charge is 0.149 e. The van der Waals surface area contributed by atoms with Crippen molar-refractivity contribution >= 4 is 11.6 Å². The molecular formula is C12H20N4O. The number of anilines is 2. The van der Waals surface area contributed by atoms with E-state index in [4.69, 9.17) is 5.11 Å². The van der Waals surface area contributed by atoms with Gasteiger partial charge in [0, 0.05) is 26.2 Å². The molecule has 2 N–H and O–H groups in total. The van der Waals surface area contributed by atoms with Crippen molar-refractivity contribution in [2.45, 2.75) is 31.7 Å². The molecule has 1 aromatic rings. The summed E-state index contributed by atoms with van der Waals surface area (Å²) < 4.78 is 0. The van der Waals surface area contributed by atoms with Crippen LogP contribution >= 0.6 is 0 Å². The molecule has 0 aliphatic carbocycles. The number of nitrogens with one attached hydrogen (secondary N) is 1. The zero-order valence-corrected chi connectivity index (χ0v) is 10.3. The number of aromatic nitrogens is 2. The van der Waals surface area contributed by atoms with Crippen molar-refractivity contribution in [1.29, 1.82) is 0 Å². The number of hydrogen-bond donors (Lipinski definition) is 2. The Kier molecular flexibility index (Phi) is 4.14. The standard InChI is InChI=1S/C12H20N4O/c1-13-11-8-14-9-12(15-11)16-6-3-2-4-10(16)5-7-17/h8-10,17H,2-7H2,1H3,(H,13,15). The van der Waals surface area contributed by atoms with Crippen molar-refractivity contribution in [2.24, 2.45) is 0 Å². The molecule has 2 rings (SSSR count). The molecule has 1 fully saturated rings. The van der Waals surface area contributed by atoms with Crippen LogP contribution in [-0.2, 0) is 0 Å². The minimum Gasteiger partial charge on any atom is -0.396 e. The van der Waals surface area contributed by atoms with Gasteiger partial charge in [-0.15, -0.1) is 0 Å². The highest BCUT2D eigenvalue weighted by molar-refractivity contribution is 5.44. The topological polar surface area (TPSA) is 61.3 Å². The summed E-state index contributed by atoms with van der Waals surface area (Å²) in [6, 6.07) is 0.398. The van der Waals surface area contributed by atoms with E-state index in [1.807, 2.05) is 7.05 Å². The fourth-order valence-corrected chi connectivity index (χ4v) is 2.37. The minimum absolute atomic E-state index is 0.236. The summed E-state index contributed by atoms with van der Waals surface area (Å²) >= 11 is 0. The van der Waals surface area contributed by atoms with Gasteiger partial charge in [0.1, 0.15) is 11.6 Å². The molecule has 1 unspecified atom stereocenters. The van der Waals surface area contributed by atoms with Gasteiger partial charge in [-0.2, -0.15) is 0 Å². The third-order valence-electron chi connectivity index (χ3n) is 3.26. The maximum absolute atomic E-state index is 9.11. The zero-order valence-electron chi connectivity index (χ0n) is 10.3. The van der Waals surface area contributed by atoms with E-state index in [0.29, 0.717) is 6.04 Å². The molecule has 1 atom stereocenters. The summed E-state index contributed by atoms with van der Waals surface area (Å²) in [4.78, 5) is 11.0. The number of rotatable bonds is 4.